The molecule has 0 saturated carbocycles. The molecular weight excluding hydrogens is 435 g/mol. The number of pyridine rings is 1. The van der Waals surface area contributed by atoms with Crippen LogP contribution in [0.3, 0.4) is 0 Å². The molecule has 158 valence electrons. The van der Waals surface area contributed by atoms with Gasteiger partial charge in [0.05, 0.1) is 6.61 Å². The van der Waals surface area contributed by atoms with Gasteiger partial charge in [-0.3, -0.25) is 18.6 Å². The van der Waals surface area contributed by atoms with E-state index in [9.17, 15) is 14.6 Å². The zero-order valence-electron chi connectivity index (χ0n) is 15.3. The van der Waals surface area contributed by atoms with E-state index < -0.39 is 32.4 Å². The summed E-state index contributed by atoms with van der Waals surface area (Å²) in [6, 6.07) is 3.77. The van der Waals surface area contributed by atoms with E-state index in [2.05, 4.69) is 19.9 Å². The van der Waals surface area contributed by atoms with Gasteiger partial charge in [-0.1, -0.05) is 17.8 Å². The summed E-state index contributed by atoms with van der Waals surface area (Å²) in [4.78, 5) is 26.5. The second-order valence-electron chi connectivity index (χ2n) is 6.74. The Bertz CT molecular complexity index is 1130. The van der Waals surface area contributed by atoms with Crippen molar-refractivity contribution in [3.05, 3.63) is 36.4 Å². The van der Waals surface area contributed by atoms with Crippen LogP contribution in [-0.4, -0.2) is 59.4 Å². The maximum absolute atomic E-state index is 11.8. The van der Waals surface area contributed by atoms with Crippen LogP contribution in [0.4, 0.5) is 5.82 Å². The maximum Gasteiger partial charge on any atom is 0.472 e. The predicted octanol–water partition coefficient (Wildman–Crippen LogP) is 0.870. The van der Waals surface area contributed by atoms with Crippen LogP contribution in [0.25, 0.3) is 11.2 Å². The minimum atomic E-state index is -4.24. The van der Waals surface area contributed by atoms with Crippen molar-refractivity contribution in [1.82, 2.24) is 24.5 Å². The lowest BCUT2D eigenvalue weighted by Gasteiger charge is -2.27. The number of aliphatic hydroxyl groups is 1. The molecule has 2 aliphatic heterocycles. The van der Waals surface area contributed by atoms with Gasteiger partial charge in [0.15, 0.2) is 28.4 Å². The molecule has 5 heterocycles. The quantitative estimate of drug-likeness (QED) is 0.378. The third kappa shape index (κ3) is 3.48. The number of rotatable bonds is 4. The molecule has 14 heteroatoms. The van der Waals surface area contributed by atoms with Gasteiger partial charge in [-0.2, -0.15) is 0 Å². The van der Waals surface area contributed by atoms with Crippen molar-refractivity contribution in [3.63, 3.8) is 0 Å². The van der Waals surface area contributed by atoms with Crippen molar-refractivity contribution in [2.24, 2.45) is 0 Å². The lowest BCUT2D eigenvalue weighted by molar-refractivity contribution is -0.0684. The van der Waals surface area contributed by atoms with Gasteiger partial charge in [0.2, 0.25) is 0 Å². The van der Waals surface area contributed by atoms with Gasteiger partial charge in [-0.15, -0.1) is 0 Å². The smallest absolute Gasteiger partial charge is 0.386 e. The second-order valence-corrected chi connectivity index (χ2v) is 9.08. The number of thioether (sulfide) groups is 1. The Hall–Kier alpha value is -2.12. The number of aromatic nitrogens is 5. The van der Waals surface area contributed by atoms with Crippen LogP contribution >= 0.6 is 19.6 Å². The van der Waals surface area contributed by atoms with E-state index in [1.165, 1.54) is 18.1 Å². The van der Waals surface area contributed by atoms with Crippen LogP contribution in [0.5, 0.6) is 0 Å². The summed E-state index contributed by atoms with van der Waals surface area (Å²) < 4.78 is 29.2. The summed E-state index contributed by atoms with van der Waals surface area (Å²) >= 11 is 1.38. The first-order valence-electron chi connectivity index (χ1n) is 8.92. The highest BCUT2D eigenvalue weighted by atomic mass is 32.2. The van der Waals surface area contributed by atoms with Gasteiger partial charge in [-0.25, -0.2) is 19.5 Å². The molecule has 0 amide bonds. The first-order chi connectivity index (χ1) is 14.4. The van der Waals surface area contributed by atoms with Crippen LogP contribution in [0.2, 0.25) is 0 Å². The van der Waals surface area contributed by atoms with Crippen LogP contribution in [-0.2, 0) is 24.1 Å². The van der Waals surface area contributed by atoms with E-state index in [1.54, 1.807) is 17.0 Å². The molecule has 2 fully saturated rings. The minimum absolute atomic E-state index is 0.186. The molecule has 0 aliphatic carbocycles. The first kappa shape index (κ1) is 19.8. The second kappa shape index (κ2) is 7.54. The first-order valence-corrected chi connectivity index (χ1v) is 11.4. The predicted molar refractivity (Wildman–Crippen MR) is 104 cm³/mol. The van der Waals surface area contributed by atoms with E-state index in [0.717, 1.165) is 5.56 Å². The molecule has 2 saturated heterocycles. The molecule has 3 aromatic rings. The molecule has 5 unspecified atom stereocenters. The Kier molecular flexibility index (Phi) is 4.98. The highest BCUT2D eigenvalue weighted by Gasteiger charge is 2.53. The summed E-state index contributed by atoms with van der Waals surface area (Å²) in [7, 11) is -4.24. The number of fused-ring (bicyclic) bond motifs is 2. The van der Waals surface area contributed by atoms with Gasteiger partial charge in [-0.05, 0) is 11.6 Å². The van der Waals surface area contributed by atoms with Crippen molar-refractivity contribution in [2.75, 3.05) is 12.3 Å². The van der Waals surface area contributed by atoms with Crippen molar-refractivity contribution < 1.29 is 28.3 Å². The van der Waals surface area contributed by atoms with E-state index in [0.29, 0.717) is 22.1 Å². The topological polar surface area (TPSA) is 168 Å². The fraction of sp³-hybridized carbons (Fsp3) is 0.375. The van der Waals surface area contributed by atoms with E-state index in [-0.39, 0.29) is 12.4 Å². The number of hydrogen-bond acceptors (Lipinski definition) is 11. The monoisotopic (exact) mass is 452 g/mol. The molecule has 3 aromatic heterocycles. The molecule has 5 rings (SSSR count). The molecule has 5 atom stereocenters. The average Bonchev–Trinajstić information content (AvgIpc) is 3.25. The molecule has 0 aromatic carbocycles. The molecular formula is C16H17N6O6PS. The molecule has 30 heavy (non-hydrogen) atoms. The van der Waals surface area contributed by atoms with Gasteiger partial charge in [0.1, 0.15) is 24.6 Å². The molecule has 0 bridgehead atoms. The lowest BCUT2D eigenvalue weighted by atomic mass is 10.1. The third-order valence-corrected chi connectivity index (χ3v) is 6.79. The molecule has 12 nitrogen and oxygen atoms in total. The van der Waals surface area contributed by atoms with Gasteiger partial charge in [0, 0.05) is 18.1 Å². The number of imidazole rings is 1. The third-order valence-electron chi connectivity index (χ3n) is 4.78. The van der Waals surface area contributed by atoms with Crippen molar-refractivity contribution in [3.8, 4) is 0 Å². The zero-order valence-corrected chi connectivity index (χ0v) is 17.0. The van der Waals surface area contributed by atoms with Gasteiger partial charge < -0.3 is 20.5 Å². The summed E-state index contributed by atoms with van der Waals surface area (Å²) in [6.07, 6.45) is 0.726. The Balaban J connectivity index is 1.53. The number of nitrogens with zero attached hydrogens (tertiary/aromatic N) is 5. The van der Waals surface area contributed by atoms with E-state index >= 15 is 0 Å². The SMILES string of the molecule is Nc1ncnc2c1nc(SCc1cccnc1)n2C1OC2COP(=O)(O)OC2C1O. The maximum atomic E-state index is 11.8. The highest BCUT2D eigenvalue weighted by molar-refractivity contribution is 7.98. The summed E-state index contributed by atoms with van der Waals surface area (Å²) in [5, 5.41) is 11.3. The number of phosphoric acid groups is 1. The average molecular weight is 452 g/mol. The Morgan fingerprint density at radius 3 is 3.07 bits per heavy atom. The number of nitrogen functional groups attached to an aromatic ring is 1. The van der Waals surface area contributed by atoms with Gasteiger partial charge in [0.25, 0.3) is 0 Å². The number of ether oxygens (including phenoxy) is 1. The molecule has 0 spiro atoms. The fourth-order valence-corrected chi connectivity index (χ4v) is 5.33. The van der Waals surface area contributed by atoms with Crippen molar-refractivity contribution >= 4 is 36.6 Å². The molecule has 0 radical (unpaired) electrons. The number of hydrogen-bond donors (Lipinski definition) is 3. The van der Waals surface area contributed by atoms with Crippen LogP contribution < -0.4 is 5.73 Å². The molecule has 4 N–H and O–H groups in total. The van der Waals surface area contributed by atoms with Crippen molar-refractivity contribution in [2.45, 2.75) is 35.4 Å². The Morgan fingerprint density at radius 1 is 1.40 bits per heavy atom. The minimum Gasteiger partial charge on any atom is -0.386 e. The van der Waals surface area contributed by atoms with E-state index in [1.807, 2.05) is 12.1 Å². The van der Waals surface area contributed by atoms with E-state index in [4.69, 9.17) is 19.5 Å². The lowest BCUT2D eigenvalue weighted by Crippen LogP contribution is -2.39. The fourth-order valence-electron chi connectivity index (χ4n) is 3.42. The number of anilines is 1. The standard InChI is InChI=1S/C16H17N6O6PS/c17-13-10-14(20-7-19-13)22(16(21-10)30-6-8-2-1-3-18-4-8)15-11(23)12-9(27-15)5-26-29(24,25)28-12/h1-4,7,9,11-12,15,23H,5-6H2,(H,24,25)(H2,17,19,20). The number of nitrogens with two attached hydrogens (primary N) is 1. The van der Waals surface area contributed by atoms with Crippen molar-refractivity contribution in [1.29, 1.82) is 0 Å². The Morgan fingerprint density at radius 2 is 2.27 bits per heavy atom. The number of phosphoric ester groups is 1. The normalized spacial score (nSPS) is 31.1. The van der Waals surface area contributed by atoms with Crippen LogP contribution in [0, 0.1) is 0 Å². The van der Waals surface area contributed by atoms with Gasteiger partial charge >= 0.3 is 7.82 Å². The summed E-state index contributed by atoms with van der Waals surface area (Å²) in [6.45, 7) is -0.187. The van der Waals surface area contributed by atoms with Crippen LogP contribution in [0.15, 0.2) is 36.0 Å². The summed E-state index contributed by atoms with van der Waals surface area (Å²) in [5.41, 5.74) is 7.67. The largest absolute Gasteiger partial charge is 0.472 e. The molecule has 2 aliphatic rings. The van der Waals surface area contributed by atoms with Crippen LogP contribution in [0.1, 0.15) is 11.8 Å². The highest BCUT2D eigenvalue weighted by Crippen LogP contribution is 2.53. The zero-order chi connectivity index (χ0) is 20.9. The summed E-state index contributed by atoms with van der Waals surface area (Å²) in [5.74, 6) is 0.734. The Labute approximate surface area is 174 Å². The number of aliphatic hydroxyl groups excluding tert-OH is 1.